The third-order valence-corrected chi connectivity index (χ3v) is 5.15. The third kappa shape index (κ3) is 13.3. The SMILES string of the molecule is CC[C@H](C)[C@H](N)C(=O)N[C@@H](CCCN=C(N)N)C(=O)N[C@@H](CCCCN)C(=O)NCC(N)=O. The van der Waals surface area contributed by atoms with Gasteiger partial charge in [0.1, 0.15) is 12.1 Å². The van der Waals surface area contributed by atoms with Crippen LogP contribution in [0.3, 0.4) is 0 Å². The van der Waals surface area contributed by atoms with Crippen LogP contribution in [0, 0.1) is 5.92 Å². The molecule has 190 valence electrons. The Morgan fingerprint density at radius 2 is 1.45 bits per heavy atom. The highest BCUT2D eigenvalue weighted by molar-refractivity contribution is 5.94. The van der Waals surface area contributed by atoms with E-state index in [0.717, 1.165) is 0 Å². The molecule has 0 radical (unpaired) electrons. The first-order valence-corrected chi connectivity index (χ1v) is 11.2. The predicted molar refractivity (Wildman–Crippen MR) is 126 cm³/mol. The van der Waals surface area contributed by atoms with Gasteiger partial charge in [-0.15, -0.1) is 0 Å². The number of amides is 4. The topological polar surface area (TPSA) is 247 Å². The monoisotopic (exact) mass is 471 g/mol. The van der Waals surface area contributed by atoms with Crippen molar-refractivity contribution in [1.82, 2.24) is 16.0 Å². The fourth-order valence-corrected chi connectivity index (χ4v) is 2.88. The number of aliphatic imine (C=N–C) groups is 1. The lowest BCUT2D eigenvalue weighted by Gasteiger charge is -2.25. The van der Waals surface area contributed by atoms with Gasteiger partial charge in [-0.2, -0.15) is 0 Å². The third-order valence-electron chi connectivity index (χ3n) is 5.15. The fraction of sp³-hybridized carbons (Fsp3) is 0.750. The highest BCUT2D eigenvalue weighted by Crippen LogP contribution is 2.08. The van der Waals surface area contributed by atoms with Gasteiger partial charge in [-0.3, -0.25) is 24.2 Å². The summed E-state index contributed by atoms with van der Waals surface area (Å²) in [6.45, 7) is 4.09. The molecule has 13 heteroatoms. The van der Waals surface area contributed by atoms with Gasteiger partial charge in [0.05, 0.1) is 12.6 Å². The number of nitrogens with zero attached hydrogens (tertiary/aromatic N) is 1. The minimum atomic E-state index is -0.956. The summed E-state index contributed by atoms with van der Waals surface area (Å²) >= 11 is 0. The molecule has 4 atom stereocenters. The molecule has 13 nitrogen and oxygen atoms in total. The molecule has 0 saturated carbocycles. The maximum atomic E-state index is 13.0. The first kappa shape index (κ1) is 30.1. The highest BCUT2D eigenvalue weighted by Gasteiger charge is 2.29. The van der Waals surface area contributed by atoms with Crippen molar-refractivity contribution in [3.63, 3.8) is 0 Å². The molecule has 0 aliphatic carbocycles. The predicted octanol–water partition coefficient (Wildman–Crippen LogP) is -2.89. The van der Waals surface area contributed by atoms with E-state index in [9.17, 15) is 19.2 Å². The van der Waals surface area contributed by atoms with Crippen molar-refractivity contribution in [2.45, 2.75) is 70.5 Å². The molecular formula is C20H41N9O4. The van der Waals surface area contributed by atoms with Gasteiger partial charge in [-0.1, -0.05) is 20.3 Å². The van der Waals surface area contributed by atoms with Gasteiger partial charge in [0, 0.05) is 6.54 Å². The van der Waals surface area contributed by atoms with E-state index in [-0.39, 0.29) is 31.4 Å². The molecule has 0 aliphatic heterocycles. The van der Waals surface area contributed by atoms with E-state index >= 15 is 0 Å². The Kier molecular flexibility index (Phi) is 15.2. The summed E-state index contributed by atoms with van der Waals surface area (Å²) in [5.41, 5.74) is 27.2. The Morgan fingerprint density at radius 3 is 2.00 bits per heavy atom. The number of hydrogen-bond acceptors (Lipinski definition) is 7. The summed E-state index contributed by atoms with van der Waals surface area (Å²) < 4.78 is 0. The van der Waals surface area contributed by atoms with Crippen LogP contribution >= 0.6 is 0 Å². The quantitative estimate of drug-likeness (QED) is 0.0619. The normalized spacial score (nSPS) is 14.3. The van der Waals surface area contributed by atoms with E-state index in [2.05, 4.69) is 20.9 Å². The molecule has 0 aromatic heterocycles. The van der Waals surface area contributed by atoms with E-state index < -0.39 is 41.8 Å². The second-order valence-electron chi connectivity index (χ2n) is 7.95. The zero-order chi connectivity index (χ0) is 25.4. The Labute approximate surface area is 195 Å². The molecule has 0 saturated heterocycles. The van der Waals surface area contributed by atoms with Crippen molar-refractivity contribution in [3.8, 4) is 0 Å². The summed E-state index contributed by atoms with van der Waals surface area (Å²) in [4.78, 5) is 52.9. The van der Waals surface area contributed by atoms with E-state index in [1.54, 1.807) is 0 Å². The number of nitrogens with one attached hydrogen (secondary N) is 3. The lowest BCUT2D eigenvalue weighted by Crippen LogP contribution is -2.56. The molecule has 0 unspecified atom stereocenters. The summed E-state index contributed by atoms with van der Waals surface area (Å²) in [5, 5.41) is 7.71. The zero-order valence-corrected chi connectivity index (χ0v) is 19.6. The van der Waals surface area contributed by atoms with Crippen molar-refractivity contribution < 1.29 is 19.2 Å². The molecule has 0 spiro atoms. The summed E-state index contributed by atoms with van der Waals surface area (Å²) in [6.07, 6.45) is 2.85. The first-order valence-electron chi connectivity index (χ1n) is 11.2. The molecule has 4 amide bonds. The van der Waals surface area contributed by atoms with Gasteiger partial charge in [0.2, 0.25) is 23.6 Å². The number of nitrogens with two attached hydrogens (primary N) is 5. The van der Waals surface area contributed by atoms with Crippen molar-refractivity contribution in [2.75, 3.05) is 19.6 Å². The number of carbonyl (C=O) groups is 4. The van der Waals surface area contributed by atoms with Gasteiger partial charge in [-0.05, 0) is 44.6 Å². The molecule has 0 rings (SSSR count). The van der Waals surface area contributed by atoms with E-state index in [0.29, 0.717) is 38.6 Å². The summed E-state index contributed by atoms with van der Waals surface area (Å²) in [7, 11) is 0. The van der Waals surface area contributed by atoms with Crippen LogP contribution in [0.5, 0.6) is 0 Å². The number of rotatable bonds is 17. The smallest absolute Gasteiger partial charge is 0.243 e. The van der Waals surface area contributed by atoms with Crippen LogP contribution in [0.2, 0.25) is 0 Å². The van der Waals surface area contributed by atoms with Gasteiger partial charge in [0.15, 0.2) is 5.96 Å². The second kappa shape index (κ2) is 16.7. The van der Waals surface area contributed by atoms with Crippen molar-refractivity contribution in [1.29, 1.82) is 0 Å². The standard InChI is InChI=1S/C20H41N9O4/c1-3-12(2)16(23)19(33)29-14(8-6-10-26-20(24)25)18(32)28-13(7-4-5-9-21)17(31)27-11-15(22)30/h12-14,16H,3-11,21,23H2,1-2H3,(H2,22,30)(H,27,31)(H,28,32)(H,29,33)(H4,24,25,26)/t12-,13-,14-,16-/m0/s1. The number of primary amides is 1. The van der Waals surface area contributed by atoms with Crippen LogP contribution in [0.1, 0.15) is 52.4 Å². The Hall–Kier alpha value is -2.93. The first-order chi connectivity index (χ1) is 15.5. The molecule has 0 aromatic carbocycles. The molecule has 0 aliphatic rings. The largest absolute Gasteiger partial charge is 0.370 e. The molecule has 0 aromatic rings. The maximum Gasteiger partial charge on any atom is 0.243 e. The van der Waals surface area contributed by atoms with Gasteiger partial charge in [-0.25, -0.2) is 0 Å². The number of unbranched alkanes of at least 4 members (excludes halogenated alkanes) is 1. The lowest BCUT2D eigenvalue weighted by atomic mass is 9.98. The van der Waals surface area contributed by atoms with E-state index in [1.807, 2.05) is 13.8 Å². The van der Waals surface area contributed by atoms with Crippen LogP contribution in [-0.4, -0.2) is 67.3 Å². The summed E-state index contributed by atoms with van der Waals surface area (Å²) in [6, 6.07) is -2.67. The minimum absolute atomic E-state index is 0.0788. The highest BCUT2D eigenvalue weighted by atomic mass is 16.2. The van der Waals surface area contributed by atoms with Crippen molar-refractivity contribution in [3.05, 3.63) is 0 Å². The second-order valence-corrected chi connectivity index (χ2v) is 7.95. The van der Waals surface area contributed by atoms with Crippen LogP contribution in [0.4, 0.5) is 0 Å². The van der Waals surface area contributed by atoms with E-state index in [4.69, 9.17) is 28.7 Å². The summed E-state index contributed by atoms with van der Waals surface area (Å²) in [5.74, 6) is -2.45. The molecule has 0 bridgehead atoms. The van der Waals surface area contributed by atoms with Crippen molar-refractivity contribution >= 4 is 29.6 Å². The molecule has 33 heavy (non-hydrogen) atoms. The van der Waals surface area contributed by atoms with Crippen LogP contribution < -0.4 is 44.6 Å². The lowest BCUT2D eigenvalue weighted by molar-refractivity contribution is -0.133. The van der Waals surface area contributed by atoms with E-state index in [1.165, 1.54) is 0 Å². The molecule has 0 fully saturated rings. The van der Waals surface area contributed by atoms with Crippen LogP contribution in [-0.2, 0) is 19.2 Å². The Morgan fingerprint density at radius 1 is 0.879 bits per heavy atom. The van der Waals surface area contributed by atoms with Crippen LogP contribution in [0.25, 0.3) is 0 Å². The van der Waals surface area contributed by atoms with Gasteiger partial charge in [0.25, 0.3) is 0 Å². The number of guanidine groups is 1. The molecule has 13 N–H and O–H groups in total. The average molecular weight is 472 g/mol. The van der Waals surface area contributed by atoms with Crippen LogP contribution in [0.15, 0.2) is 4.99 Å². The number of carbonyl (C=O) groups excluding carboxylic acids is 4. The van der Waals surface area contributed by atoms with Gasteiger partial charge < -0.3 is 44.6 Å². The zero-order valence-electron chi connectivity index (χ0n) is 19.6. The molecule has 0 heterocycles. The van der Waals surface area contributed by atoms with Crippen molar-refractivity contribution in [2.24, 2.45) is 39.6 Å². The Bertz CT molecular complexity index is 668. The minimum Gasteiger partial charge on any atom is -0.370 e. The Balaban J connectivity index is 5.39. The van der Waals surface area contributed by atoms with Gasteiger partial charge >= 0.3 is 0 Å². The average Bonchev–Trinajstić information content (AvgIpc) is 2.77. The molecular weight excluding hydrogens is 430 g/mol. The fourth-order valence-electron chi connectivity index (χ4n) is 2.88. The number of hydrogen-bond donors (Lipinski definition) is 8. The maximum absolute atomic E-state index is 13.0.